The van der Waals surface area contributed by atoms with Crippen LogP contribution in [-0.2, 0) is 0 Å². The summed E-state index contributed by atoms with van der Waals surface area (Å²) in [5.41, 5.74) is 0. The van der Waals surface area contributed by atoms with E-state index >= 15 is 0 Å². The van der Waals surface area contributed by atoms with Crippen LogP contribution in [0.1, 0.15) is 0 Å². The van der Waals surface area contributed by atoms with E-state index in [2.05, 4.69) is 9.72 Å². The predicted molar refractivity (Wildman–Crippen MR) is 35.8 cm³/mol. The second-order valence-electron chi connectivity index (χ2n) is 1.80. The molecular formula is C6H3ClF3NO. The number of nitrogens with zero attached hydrogens (tertiary/aromatic N) is 1. The Morgan fingerprint density at radius 2 is 2.08 bits per heavy atom. The summed E-state index contributed by atoms with van der Waals surface area (Å²) >= 11 is 5.35. The molecule has 0 spiro atoms. The highest BCUT2D eigenvalue weighted by Crippen LogP contribution is 2.22. The normalized spacial score (nSPS) is 10.4. The number of ether oxygens (including phenoxy) is 1. The maximum Gasteiger partial charge on any atom is 0.388 e. The molecule has 0 aromatic carbocycles. The van der Waals surface area contributed by atoms with Gasteiger partial charge in [-0.05, 0) is 12.1 Å². The van der Waals surface area contributed by atoms with Gasteiger partial charge in [0.05, 0.1) is 0 Å². The minimum Gasteiger partial charge on any atom is -0.415 e. The van der Waals surface area contributed by atoms with Gasteiger partial charge in [0.15, 0.2) is 0 Å². The van der Waals surface area contributed by atoms with Gasteiger partial charge in [-0.1, -0.05) is 11.6 Å². The molecule has 0 fully saturated rings. The number of halogens is 4. The second-order valence-corrected chi connectivity index (χ2v) is 2.21. The first-order chi connectivity index (χ1) is 5.59. The highest BCUT2D eigenvalue weighted by molar-refractivity contribution is 6.31. The average Bonchev–Trinajstić information content (AvgIpc) is 1.96. The molecule has 0 aliphatic heterocycles. The van der Waals surface area contributed by atoms with Crippen molar-refractivity contribution in [2.24, 2.45) is 0 Å². The van der Waals surface area contributed by atoms with E-state index < -0.39 is 18.4 Å². The highest BCUT2D eigenvalue weighted by atomic mass is 35.5. The first-order valence-corrected chi connectivity index (χ1v) is 3.24. The van der Waals surface area contributed by atoms with Crippen LogP contribution in [-0.4, -0.2) is 11.6 Å². The van der Waals surface area contributed by atoms with Gasteiger partial charge in [-0.15, -0.1) is 0 Å². The molecule has 0 amide bonds. The van der Waals surface area contributed by atoms with E-state index in [-0.39, 0.29) is 5.02 Å². The minimum atomic E-state index is -3.06. The Kier molecular flexibility index (Phi) is 2.75. The van der Waals surface area contributed by atoms with Crippen LogP contribution in [0.25, 0.3) is 0 Å². The van der Waals surface area contributed by atoms with Crippen LogP contribution in [0.4, 0.5) is 13.2 Å². The van der Waals surface area contributed by atoms with Crippen LogP contribution in [0.3, 0.4) is 0 Å². The van der Waals surface area contributed by atoms with Crippen molar-refractivity contribution < 1.29 is 17.9 Å². The molecular weight excluding hydrogens is 195 g/mol. The molecule has 1 rings (SSSR count). The molecule has 1 aromatic heterocycles. The molecule has 66 valence electrons. The lowest BCUT2D eigenvalue weighted by Gasteiger charge is -2.03. The fourth-order valence-corrected chi connectivity index (χ4v) is 0.718. The van der Waals surface area contributed by atoms with Crippen LogP contribution in [0.15, 0.2) is 12.1 Å². The summed E-state index contributed by atoms with van der Waals surface area (Å²) in [5.74, 6) is -1.53. The summed E-state index contributed by atoms with van der Waals surface area (Å²) in [4.78, 5) is 3.01. The fourth-order valence-electron chi connectivity index (χ4n) is 0.568. The van der Waals surface area contributed by atoms with Crippen molar-refractivity contribution in [2.45, 2.75) is 6.61 Å². The Balaban J connectivity index is 2.90. The van der Waals surface area contributed by atoms with Crippen molar-refractivity contribution in [2.75, 3.05) is 0 Å². The summed E-state index contributed by atoms with van der Waals surface area (Å²) in [5, 5.41) is -0.156. The Morgan fingerprint density at radius 1 is 1.42 bits per heavy atom. The van der Waals surface area contributed by atoms with E-state index in [0.29, 0.717) is 0 Å². The number of alkyl halides is 2. The lowest BCUT2D eigenvalue weighted by molar-refractivity contribution is -0.0531. The molecule has 2 nitrogen and oxygen atoms in total. The van der Waals surface area contributed by atoms with Crippen molar-refractivity contribution in [3.63, 3.8) is 0 Å². The van der Waals surface area contributed by atoms with E-state index in [1.165, 1.54) is 0 Å². The topological polar surface area (TPSA) is 22.1 Å². The quantitative estimate of drug-likeness (QED) is 0.680. The van der Waals surface area contributed by atoms with Gasteiger partial charge in [0, 0.05) is 0 Å². The van der Waals surface area contributed by atoms with Gasteiger partial charge in [-0.25, -0.2) is 0 Å². The molecule has 6 heteroatoms. The molecule has 0 saturated heterocycles. The standard InChI is InChI=1S/C6H3ClF3NO/c7-3-1-2-4(8)11-5(3)12-6(9)10/h1-2,6H. The van der Waals surface area contributed by atoms with Crippen molar-refractivity contribution in [1.29, 1.82) is 0 Å². The van der Waals surface area contributed by atoms with Crippen LogP contribution < -0.4 is 4.74 Å². The van der Waals surface area contributed by atoms with Crippen molar-refractivity contribution in [3.8, 4) is 5.88 Å². The Labute approximate surface area is 70.9 Å². The molecule has 1 aromatic rings. The maximum atomic E-state index is 12.3. The van der Waals surface area contributed by atoms with Crippen LogP contribution >= 0.6 is 11.6 Å². The molecule has 0 unspecified atom stereocenters. The Morgan fingerprint density at radius 3 is 2.67 bits per heavy atom. The average molecular weight is 198 g/mol. The first kappa shape index (κ1) is 9.12. The molecule has 12 heavy (non-hydrogen) atoms. The van der Waals surface area contributed by atoms with Crippen LogP contribution in [0, 0.1) is 5.95 Å². The van der Waals surface area contributed by atoms with Gasteiger partial charge in [0.25, 0.3) is 0 Å². The van der Waals surface area contributed by atoms with E-state index in [4.69, 9.17) is 11.6 Å². The first-order valence-electron chi connectivity index (χ1n) is 2.86. The van der Waals surface area contributed by atoms with E-state index in [0.717, 1.165) is 12.1 Å². The number of aromatic nitrogens is 1. The van der Waals surface area contributed by atoms with Crippen molar-refractivity contribution in [3.05, 3.63) is 23.1 Å². The second kappa shape index (κ2) is 3.62. The van der Waals surface area contributed by atoms with E-state index in [1.807, 2.05) is 0 Å². The lowest BCUT2D eigenvalue weighted by atomic mass is 10.5. The smallest absolute Gasteiger partial charge is 0.388 e. The lowest BCUT2D eigenvalue weighted by Crippen LogP contribution is -2.04. The zero-order valence-electron chi connectivity index (χ0n) is 5.60. The molecule has 0 aliphatic carbocycles. The molecule has 0 N–H and O–H groups in total. The largest absolute Gasteiger partial charge is 0.415 e. The summed E-state index contributed by atoms with van der Waals surface area (Å²) < 4.78 is 39.3. The van der Waals surface area contributed by atoms with Crippen molar-refractivity contribution >= 4 is 11.6 Å². The van der Waals surface area contributed by atoms with Crippen molar-refractivity contribution in [1.82, 2.24) is 4.98 Å². The summed E-state index contributed by atoms with van der Waals surface area (Å²) in [6.07, 6.45) is 0. The third-order valence-electron chi connectivity index (χ3n) is 0.981. The van der Waals surface area contributed by atoms with Gasteiger partial charge in [0.1, 0.15) is 5.02 Å². The summed E-state index contributed by atoms with van der Waals surface area (Å²) in [6, 6.07) is 2.03. The zero-order chi connectivity index (χ0) is 9.14. The number of rotatable bonds is 2. The number of pyridine rings is 1. The molecule has 0 radical (unpaired) electrons. The van der Waals surface area contributed by atoms with Crippen LogP contribution in [0.5, 0.6) is 5.88 Å². The maximum absolute atomic E-state index is 12.3. The van der Waals surface area contributed by atoms with E-state index in [1.54, 1.807) is 0 Å². The number of hydrogen-bond donors (Lipinski definition) is 0. The van der Waals surface area contributed by atoms with Gasteiger partial charge in [-0.3, -0.25) is 0 Å². The Bertz CT molecular complexity index is 281. The summed E-state index contributed by atoms with van der Waals surface area (Å²) in [6.45, 7) is -3.06. The highest BCUT2D eigenvalue weighted by Gasteiger charge is 2.10. The SMILES string of the molecule is Fc1ccc(Cl)c(OC(F)F)n1. The van der Waals surface area contributed by atoms with Gasteiger partial charge in [0.2, 0.25) is 11.8 Å². The fraction of sp³-hybridized carbons (Fsp3) is 0.167. The molecule has 0 bridgehead atoms. The predicted octanol–water partition coefficient (Wildman–Crippen LogP) is 2.48. The molecule has 0 saturated carbocycles. The van der Waals surface area contributed by atoms with E-state index in [9.17, 15) is 13.2 Å². The molecule has 0 aliphatic rings. The minimum absolute atomic E-state index is 0.156. The van der Waals surface area contributed by atoms with Crippen LogP contribution in [0.2, 0.25) is 5.02 Å². The van der Waals surface area contributed by atoms with Gasteiger partial charge >= 0.3 is 6.61 Å². The zero-order valence-corrected chi connectivity index (χ0v) is 6.36. The van der Waals surface area contributed by atoms with Gasteiger partial charge < -0.3 is 4.74 Å². The molecule has 1 heterocycles. The molecule has 0 atom stereocenters. The Hall–Kier alpha value is -0.970. The third kappa shape index (κ3) is 2.27. The monoisotopic (exact) mass is 197 g/mol. The van der Waals surface area contributed by atoms with Gasteiger partial charge in [-0.2, -0.15) is 18.2 Å². The number of hydrogen-bond acceptors (Lipinski definition) is 2. The summed E-state index contributed by atoms with van der Waals surface area (Å²) in [7, 11) is 0. The third-order valence-corrected chi connectivity index (χ3v) is 1.27.